The highest BCUT2D eigenvalue weighted by molar-refractivity contribution is 7.09. The van der Waals surface area contributed by atoms with E-state index in [4.69, 9.17) is 4.74 Å². The number of hydrogen-bond donors (Lipinski definition) is 2. The summed E-state index contributed by atoms with van der Waals surface area (Å²) in [4.78, 5) is 16.3. The van der Waals surface area contributed by atoms with Crippen molar-refractivity contribution in [2.24, 2.45) is 0 Å². The molecule has 0 radical (unpaired) electrons. The van der Waals surface area contributed by atoms with Crippen LogP contribution in [0.25, 0.3) is 0 Å². The number of nitrogens with one attached hydrogen (secondary N) is 2. The Labute approximate surface area is 111 Å². The van der Waals surface area contributed by atoms with Crippen LogP contribution >= 0.6 is 11.3 Å². The summed E-state index contributed by atoms with van der Waals surface area (Å²) >= 11 is 1.56. The second-order valence-corrected chi connectivity index (χ2v) is 6.37. The summed E-state index contributed by atoms with van der Waals surface area (Å²) in [5.41, 5.74) is -0.906. The molecule has 1 atom stereocenters. The molecule has 1 aromatic heterocycles. The van der Waals surface area contributed by atoms with Gasteiger partial charge in [0.05, 0.1) is 0 Å². The highest BCUT2D eigenvalue weighted by atomic mass is 32.1. The molecule has 1 saturated heterocycles. The molecule has 1 aliphatic heterocycles. The standard InChI is InChI=1S/C12H19N3O2S/c1-11(2,3)17-10(16)15-12(4-5-13-8-12)9-14-6-7-18-9/h6-7,13H,4-5,8H2,1-3H3,(H,15,16). The van der Waals surface area contributed by atoms with Crippen LogP contribution in [-0.4, -0.2) is 29.8 Å². The molecule has 2 rings (SSSR count). The van der Waals surface area contributed by atoms with Crippen molar-refractivity contribution in [3.63, 3.8) is 0 Å². The average molecular weight is 269 g/mol. The fourth-order valence-corrected chi connectivity index (χ4v) is 2.82. The Morgan fingerprint density at radius 3 is 2.89 bits per heavy atom. The van der Waals surface area contributed by atoms with E-state index in [1.165, 1.54) is 0 Å². The molecule has 1 unspecified atom stereocenters. The fraction of sp³-hybridized carbons (Fsp3) is 0.667. The maximum atomic E-state index is 11.9. The minimum absolute atomic E-state index is 0.388. The van der Waals surface area contributed by atoms with Crippen LogP contribution < -0.4 is 10.6 Å². The maximum absolute atomic E-state index is 11.9. The number of alkyl carbamates (subject to hydrolysis) is 1. The summed E-state index contributed by atoms with van der Waals surface area (Å²) in [5.74, 6) is 0. The quantitative estimate of drug-likeness (QED) is 0.860. The van der Waals surface area contributed by atoms with Gasteiger partial charge >= 0.3 is 6.09 Å². The fourth-order valence-electron chi connectivity index (χ4n) is 1.99. The zero-order valence-electron chi connectivity index (χ0n) is 10.9. The van der Waals surface area contributed by atoms with Crippen LogP contribution in [-0.2, 0) is 10.3 Å². The van der Waals surface area contributed by atoms with E-state index in [0.29, 0.717) is 6.54 Å². The molecule has 6 heteroatoms. The van der Waals surface area contributed by atoms with E-state index >= 15 is 0 Å². The summed E-state index contributed by atoms with van der Waals surface area (Å²) in [7, 11) is 0. The monoisotopic (exact) mass is 269 g/mol. The normalized spacial score (nSPS) is 23.9. The van der Waals surface area contributed by atoms with Crippen LogP contribution in [0.4, 0.5) is 4.79 Å². The number of rotatable bonds is 2. The second kappa shape index (κ2) is 4.85. The Morgan fingerprint density at radius 2 is 2.39 bits per heavy atom. The molecule has 1 aromatic rings. The zero-order valence-corrected chi connectivity index (χ0v) is 11.8. The first-order valence-electron chi connectivity index (χ1n) is 6.03. The van der Waals surface area contributed by atoms with Gasteiger partial charge in [0, 0.05) is 18.1 Å². The third kappa shape index (κ3) is 3.00. The Kier molecular flexibility index (Phi) is 3.59. The summed E-state index contributed by atoms with van der Waals surface area (Å²) in [5, 5.41) is 9.09. The number of ether oxygens (including phenoxy) is 1. The van der Waals surface area contributed by atoms with Crippen LogP contribution in [0.5, 0.6) is 0 Å². The predicted octanol–water partition coefficient (Wildman–Crippen LogP) is 1.86. The second-order valence-electron chi connectivity index (χ2n) is 5.47. The first-order chi connectivity index (χ1) is 8.41. The largest absolute Gasteiger partial charge is 0.444 e. The zero-order chi connectivity index (χ0) is 13.2. The van der Waals surface area contributed by atoms with Crippen molar-refractivity contribution in [3.8, 4) is 0 Å². The molecule has 18 heavy (non-hydrogen) atoms. The van der Waals surface area contributed by atoms with E-state index in [9.17, 15) is 4.79 Å². The van der Waals surface area contributed by atoms with E-state index in [2.05, 4.69) is 15.6 Å². The Hall–Kier alpha value is -1.14. The molecule has 100 valence electrons. The van der Waals surface area contributed by atoms with Crippen molar-refractivity contribution >= 4 is 17.4 Å². The van der Waals surface area contributed by atoms with Gasteiger partial charge in [-0.3, -0.25) is 0 Å². The first kappa shape index (κ1) is 13.3. The van der Waals surface area contributed by atoms with Gasteiger partial charge in [0.2, 0.25) is 0 Å². The summed E-state index contributed by atoms with van der Waals surface area (Å²) < 4.78 is 5.32. The predicted molar refractivity (Wildman–Crippen MR) is 70.6 cm³/mol. The van der Waals surface area contributed by atoms with Gasteiger partial charge in [0.25, 0.3) is 0 Å². The van der Waals surface area contributed by atoms with E-state index in [0.717, 1.165) is 18.0 Å². The number of hydrogen-bond acceptors (Lipinski definition) is 5. The van der Waals surface area contributed by atoms with Gasteiger partial charge in [-0.05, 0) is 33.7 Å². The first-order valence-corrected chi connectivity index (χ1v) is 6.91. The van der Waals surface area contributed by atoms with Crippen molar-refractivity contribution in [1.82, 2.24) is 15.6 Å². The van der Waals surface area contributed by atoms with Gasteiger partial charge in [-0.15, -0.1) is 11.3 Å². The topological polar surface area (TPSA) is 63.2 Å². The van der Waals surface area contributed by atoms with E-state index in [-0.39, 0.29) is 6.09 Å². The molecule has 5 nitrogen and oxygen atoms in total. The van der Waals surface area contributed by atoms with Gasteiger partial charge in [-0.1, -0.05) is 0 Å². The third-order valence-corrected chi connectivity index (χ3v) is 3.71. The van der Waals surface area contributed by atoms with Crippen molar-refractivity contribution in [2.45, 2.75) is 38.3 Å². The molecule has 0 saturated carbocycles. The van der Waals surface area contributed by atoms with Gasteiger partial charge in [0.15, 0.2) is 0 Å². The number of thiazole rings is 1. The Morgan fingerprint density at radius 1 is 1.61 bits per heavy atom. The summed E-state index contributed by atoms with van der Waals surface area (Å²) in [6.45, 7) is 7.13. The summed E-state index contributed by atoms with van der Waals surface area (Å²) in [6.07, 6.45) is 2.21. The van der Waals surface area contributed by atoms with Gasteiger partial charge in [0.1, 0.15) is 16.1 Å². The van der Waals surface area contributed by atoms with E-state index < -0.39 is 11.1 Å². The van der Waals surface area contributed by atoms with Crippen molar-refractivity contribution in [3.05, 3.63) is 16.6 Å². The van der Waals surface area contributed by atoms with E-state index in [1.54, 1.807) is 17.5 Å². The molecule has 1 amide bonds. The molecule has 1 fully saturated rings. The molecule has 2 N–H and O–H groups in total. The number of amides is 1. The molecule has 0 spiro atoms. The minimum Gasteiger partial charge on any atom is -0.444 e. The molecule has 2 heterocycles. The van der Waals surface area contributed by atoms with Crippen molar-refractivity contribution in [2.75, 3.05) is 13.1 Å². The van der Waals surface area contributed by atoms with E-state index in [1.807, 2.05) is 26.2 Å². The smallest absolute Gasteiger partial charge is 0.408 e. The highest BCUT2D eigenvalue weighted by Crippen LogP contribution is 2.29. The molecule has 0 aromatic carbocycles. The average Bonchev–Trinajstić information content (AvgIpc) is 2.82. The lowest BCUT2D eigenvalue weighted by atomic mass is 10.00. The lowest BCUT2D eigenvalue weighted by Crippen LogP contribution is -2.49. The third-order valence-electron chi connectivity index (χ3n) is 2.74. The molecule has 0 bridgehead atoms. The molecular formula is C12H19N3O2S. The minimum atomic E-state index is -0.486. The van der Waals surface area contributed by atoms with Gasteiger partial charge in [-0.2, -0.15) is 0 Å². The maximum Gasteiger partial charge on any atom is 0.408 e. The lowest BCUT2D eigenvalue weighted by Gasteiger charge is -2.29. The molecular weight excluding hydrogens is 250 g/mol. The number of aromatic nitrogens is 1. The number of carbonyl (C=O) groups is 1. The van der Waals surface area contributed by atoms with Crippen molar-refractivity contribution < 1.29 is 9.53 Å². The van der Waals surface area contributed by atoms with Crippen molar-refractivity contribution in [1.29, 1.82) is 0 Å². The van der Waals surface area contributed by atoms with Crippen LogP contribution in [0.2, 0.25) is 0 Å². The summed E-state index contributed by atoms with van der Waals surface area (Å²) in [6, 6.07) is 0. The Balaban J connectivity index is 2.10. The number of nitrogens with zero attached hydrogens (tertiary/aromatic N) is 1. The van der Waals surface area contributed by atoms with Crippen LogP contribution in [0, 0.1) is 0 Å². The SMILES string of the molecule is CC(C)(C)OC(=O)NC1(c2nccs2)CCNC1. The van der Waals surface area contributed by atoms with Gasteiger partial charge in [-0.25, -0.2) is 9.78 Å². The molecule has 0 aliphatic carbocycles. The van der Waals surface area contributed by atoms with Gasteiger partial charge < -0.3 is 15.4 Å². The number of carbonyl (C=O) groups excluding carboxylic acids is 1. The Bertz CT molecular complexity index is 405. The van der Waals surface area contributed by atoms with Crippen LogP contribution in [0.15, 0.2) is 11.6 Å². The lowest BCUT2D eigenvalue weighted by molar-refractivity contribution is 0.0461. The van der Waals surface area contributed by atoms with Crippen LogP contribution in [0.3, 0.4) is 0 Å². The highest BCUT2D eigenvalue weighted by Gasteiger charge is 2.40. The molecule has 1 aliphatic rings. The van der Waals surface area contributed by atoms with Crippen LogP contribution in [0.1, 0.15) is 32.2 Å².